The molecule has 0 saturated carbocycles. The number of rotatable bonds is 11. The van der Waals surface area contributed by atoms with Crippen LogP contribution in [-0.2, 0) is 0 Å². The molecule has 0 spiro atoms. The van der Waals surface area contributed by atoms with Crippen molar-refractivity contribution in [3.8, 4) is 135 Å². The lowest BCUT2D eigenvalue weighted by Crippen LogP contribution is -2.16. The molecule has 17 aromatic rings. The standard InChI is InChI=1S/C92H62N8/c1-2-97-81-44-20-15-39-71(81)87-73-41-17-23-47-84(73)100(89(87)75-42-18-21-45-82(75)97)70-38-26-35-66(56-70)79-59-78(94-92(95-79)63-31-11-5-12-32-63)65-34-25-33-64(55-65)60-49-52-69(53-50-60)98-83-46-22-16-40-72(83)88-74-54-51-67(57-86(74)99(68-36-13-6-14-37-68)90(88)76-43-19-24-48-85(76)98)80-58-77(61-27-7-3-8-28-61)93-91(96-80)62-29-9-4-10-30-62/h3-59H,2H2,1H3. The van der Waals surface area contributed by atoms with Crippen molar-refractivity contribution in [2.45, 2.75) is 6.92 Å². The van der Waals surface area contributed by atoms with Gasteiger partial charge in [-0.05, 0) is 109 Å². The predicted molar refractivity (Wildman–Crippen MR) is 412 cm³/mol. The third kappa shape index (κ3) is 9.75. The second kappa shape index (κ2) is 24.1. The SMILES string of the molecule is CCN1c2ccccc2-c2c(n(-c3cccc(-c4cc(-c5cccc(-c6ccc(N7c8ccccc8-c8c(n(-c9ccccc9)c9cc(-c%10cc(-c%11ccccc%11)nc(-c%11ccccc%11)n%10)ccc89)-c8ccccc87)cc6)c5)nc(-c5ccccc5)n4)c3)c3ccccc23)-c2ccccc21. The van der Waals surface area contributed by atoms with Crippen LogP contribution in [0.5, 0.6) is 0 Å². The highest BCUT2D eigenvalue weighted by atomic mass is 15.2. The Labute approximate surface area is 580 Å². The summed E-state index contributed by atoms with van der Waals surface area (Å²) < 4.78 is 4.92. The summed E-state index contributed by atoms with van der Waals surface area (Å²) in [5.41, 5.74) is 30.8. The summed E-state index contributed by atoms with van der Waals surface area (Å²) >= 11 is 0. The Morgan fingerprint density at radius 3 is 1.26 bits per heavy atom. The molecule has 100 heavy (non-hydrogen) atoms. The van der Waals surface area contributed by atoms with E-state index in [9.17, 15) is 0 Å². The van der Waals surface area contributed by atoms with Crippen LogP contribution < -0.4 is 9.80 Å². The Bertz CT molecular complexity index is 5960. The van der Waals surface area contributed by atoms with E-state index in [4.69, 9.17) is 19.9 Å². The van der Waals surface area contributed by atoms with Crippen LogP contribution in [0.2, 0.25) is 0 Å². The molecule has 2 aliphatic rings. The van der Waals surface area contributed by atoms with Crippen molar-refractivity contribution >= 4 is 50.2 Å². The van der Waals surface area contributed by atoms with Gasteiger partial charge in [-0.15, -0.1) is 0 Å². The van der Waals surface area contributed by atoms with Crippen LogP contribution in [-0.4, -0.2) is 35.6 Å². The predicted octanol–water partition coefficient (Wildman–Crippen LogP) is 23.7. The van der Waals surface area contributed by atoms with Crippen LogP contribution in [0.1, 0.15) is 6.92 Å². The minimum atomic E-state index is 0.662. The quantitative estimate of drug-likeness (QED) is 0.129. The zero-order chi connectivity index (χ0) is 66.2. The molecule has 0 saturated heterocycles. The van der Waals surface area contributed by atoms with Gasteiger partial charge in [0, 0.05) is 107 Å². The average molecular weight is 1280 g/mol. The highest BCUT2D eigenvalue weighted by Crippen LogP contribution is 2.56. The molecule has 8 heteroatoms. The second-order valence-electron chi connectivity index (χ2n) is 25.6. The van der Waals surface area contributed by atoms with Gasteiger partial charge in [-0.2, -0.15) is 0 Å². The molecule has 4 aromatic heterocycles. The molecule has 2 aliphatic heterocycles. The Morgan fingerprint density at radius 2 is 0.650 bits per heavy atom. The highest BCUT2D eigenvalue weighted by molar-refractivity contribution is 6.15. The molecular weight excluding hydrogens is 1220 g/mol. The lowest BCUT2D eigenvalue weighted by molar-refractivity contribution is 1.03. The largest absolute Gasteiger partial charge is 0.341 e. The van der Waals surface area contributed by atoms with E-state index in [-0.39, 0.29) is 0 Å². The zero-order valence-electron chi connectivity index (χ0n) is 54.7. The van der Waals surface area contributed by atoms with E-state index < -0.39 is 0 Å². The first-order chi connectivity index (χ1) is 49.6. The van der Waals surface area contributed by atoms with Gasteiger partial charge in [0.25, 0.3) is 0 Å². The van der Waals surface area contributed by atoms with E-state index in [1.165, 1.54) is 44.7 Å². The van der Waals surface area contributed by atoms with Crippen molar-refractivity contribution in [1.29, 1.82) is 0 Å². The first-order valence-corrected chi connectivity index (χ1v) is 34.2. The summed E-state index contributed by atoms with van der Waals surface area (Å²) in [6.07, 6.45) is 0. The molecule has 0 amide bonds. The van der Waals surface area contributed by atoms with Crippen molar-refractivity contribution in [2.75, 3.05) is 16.3 Å². The van der Waals surface area contributed by atoms with Crippen molar-refractivity contribution in [1.82, 2.24) is 29.1 Å². The summed E-state index contributed by atoms with van der Waals surface area (Å²) in [7, 11) is 0. The number of aromatic nitrogens is 6. The van der Waals surface area contributed by atoms with E-state index in [1.54, 1.807) is 0 Å². The molecule has 8 nitrogen and oxygen atoms in total. The second-order valence-corrected chi connectivity index (χ2v) is 25.6. The van der Waals surface area contributed by atoms with Gasteiger partial charge in [0.2, 0.25) is 0 Å². The summed E-state index contributed by atoms with van der Waals surface area (Å²) in [5, 5.41) is 2.35. The number of nitrogens with zero attached hydrogens (tertiary/aromatic N) is 8. The molecule has 13 aromatic carbocycles. The molecule has 19 rings (SSSR count). The van der Waals surface area contributed by atoms with E-state index in [0.717, 1.165) is 136 Å². The Hall–Kier alpha value is -13.3. The minimum absolute atomic E-state index is 0.662. The molecular formula is C92H62N8. The highest BCUT2D eigenvalue weighted by Gasteiger charge is 2.33. The van der Waals surface area contributed by atoms with Crippen LogP contribution in [0.3, 0.4) is 0 Å². The fourth-order valence-corrected chi connectivity index (χ4v) is 15.3. The maximum atomic E-state index is 5.39. The van der Waals surface area contributed by atoms with E-state index in [0.29, 0.717) is 11.6 Å². The van der Waals surface area contributed by atoms with Gasteiger partial charge in [0.1, 0.15) is 0 Å². The molecule has 6 heterocycles. The third-order valence-electron chi connectivity index (χ3n) is 19.8. The normalized spacial score (nSPS) is 12.1. The summed E-state index contributed by atoms with van der Waals surface area (Å²) in [6, 6.07) is 124. The van der Waals surface area contributed by atoms with Crippen LogP contribution in [0, 0.1) is 0 Å². The first-order valence-electron chi connectivity index (χ1n) is 34.2. The molecule has 0 atom stereocenters. The van der Waals surface area contributed by atoms with Crippen LogP contribution >= 0.6 is 0 Å². The van der Waals surface area contributed by atoms with Crippen molar-refractivity contribution in [3.05, 3.63) is 346 Å². The average Bonchev–Trinajstić information content (AvgIpc) is 1.56. The number of hydrogen-bond donors (Lipinski definition) is 0. The smallest absolute Gasteiger partial charge is 0.160 e. The summed E-state index contributed by atoms with van der Waals surface area (Å²) in [6.45, 7) is 3.07. The summed E-state index contributed by atoms with van der Waals surface area (Å²) in [5.74, 6) is 1.34. The topological polar surface area (TPSA) is 67.9 Å². The van der Waals surface area contributed by atoms with Gasteiger partial charge in [-0.3, -0.25) is 0 Å². The Balaban J connectivity index is 0.704. The van der Waals surface area contributed by atoms with Gasteiger partial charge in [-0.1, -0.05) is 255 Å². The van der Waals surface area contributed by atoms with Crippen molar-refractivity contribution < 1.29 is 0 Å². The molecule has 0 aliphatic carbocycles. The molecule has 0 unspecified atom stereocenters. The Kier molecular flexibility index (Phi) is 14.0. The first kappa shape index (κ1) is 58.1. The van der Waals surface area contributed by atoms with Crippen LogP contribution in [0.4, 0.5) is 28.4 Å². The lowest BCUT2D eigenvalue weighted by Gasteiger charge is -2.27. The Morgan fingerprint density at radius 1 is 0.250 bits per heavy atom. The van der Waals surface area contributed by atoms with Crippen molar-refractivity contribution in [3.63, 3.8) is 0 Å². The fourth-order valence-electron chi connectivity index (χ4n) is 15.3. The number of fused-ring (bicyclic) bond motifs is 14. The number of para-hydroxylation sites is 6. The van der Waals surface area contributed by atoms with E-state index in [2.05, 4.69) is 341 Å². The number of benzene rings is 13. The van der Waals surface area contributed by atoms with Crippen molar-refractivity contribution in [2.24, 2.45) is 0 Å². The van der Waals surface area contributed by atoms with Crippen LogP contribution in [0.25, 0.3) is 157 Å². The maximum absolute atomic E-state index is 5.39. The lowest BCUT2D eigenvalue weighted by atomic mass is 9.97. The van der Waals surface area contributed by atoms with E-state index >= 15 is 0 Å². The van der Waals surface area contributed by atoms with Gasteiger partial charge >= 0.3 is 0 Å². The third-order valence-corrected chi connectivity index (χ3v) is 19.8. The van der Waals surface area contributed by atoms with Gasteiger partial charge < -0.3 is 18.9 Å². The van der Waals surface area contributed by atoms with E-state index in [1.807, 2.05) is 30.3 Å². The minimum Gasteiger partial charge on any atom is -0.341 e. The zero-order valence-corrected chi connectivity index (χ0v) is 54.7. The molecule has 0 radical (unpaired) electrons. The number of anilines is 5. The molecule has 0 bridgehead atoms. The molecule has 0 fully saturated rings. The van der Waals surface area contributed by atoms with Gasteiger partial charge in [0.15, 0.2) is 11.6 Å². The van der Waals surface area contributed by atoms with Gasteiger partial charge in [0.05, 0.1) is 62.3 Å². The van der Waals surface area contributed by atoms with Gasteiger partial charge in [-0.25, -0.2) is 19.9 Å². The molecule has 0 N–H and O–H groups in total. The fraction of sp³-hybridized carbons (Fsp3) is 0.0217. The number of hydrogen-bond acceptors (Lipinski definition) is 6. The monoisotopic (exact) mass is 1280 g/mol. The maximum Gasteiger partial charge on any atom is 0.160 e. The van der Waals surface area contributed by atoms with Crippen LogP contribution in [0.15, 0.2) is 346 Å². The summed E-state index contributed by atoms with van der Waals surface area (Å²) in [4.78, 5) is 26.1. The molecule has 470 valence electrons.